The van der Waals surface area contributed by atoms with Crippen LogP contribution in [0.15, 0.2) is 72.9 Å². The van der Waals surface area contributed by atoms with Crippen molar-refractivity contribution in [2.75, 3.05) is 11.9 Å². The van der Waals surface area contributed by atoms with Gasteiger partial charge in [0.1, 0.15) is 24.7 Å². The fourth-order valence-corrected chi connectivity index (χ4v) is 3.82. The van der Waals surface area contributed by atoms with E-state index < -0.39 is 0 Å². The lowest BCUT2D eigenvalue weighted by atomic mass is 10.1. The molecule has 2 heterocycles. The van der Waals surface area contributed by atoms with Crippen LogP contribution in [0.5, 0.6) is 11.5 Å². The van der Waals surface area contributed by atoms with Crippen molar-refractivity contribution in [2.45, 2.75) is 32.5 Å². The molecule has 0 radical (unpaired) electrons. The first-order valence-corrected chi connectivity index (χ1v) is 10.8. The van der Waals surface area contributed by atoms with Crippen LogP contribution in [0.1, 0.15) is 29.8 Å². The van der Waals surface area contributed by atoms with E-state index >= 15 is 0 Å². The number of anilines is 1. The maximum Gasteiger partial charge on any atom is 0.166 e. The molecule has 0 saturated carbocycles. The molecule has 5 heteroatoms. The highest BCUT2D eigenvalue weighted by Crippen LogP contribution is 2.27. The fraction of sp³-hybridized carbons (Fsp3) is 0.231. The molecular formula is C26H25N3O2. The van der Waals surface area contributed by atoms with E-state index in [2.05, 4.69) is 27.4 Å². The van der Waals surface area contributed by atoms with Gasteiger partial charge in [-0.05, 0) is 66.8 Å². The van der Waals surface area contributed by atoms with Crippen molar-refractivity contribution in [1.82, 2.24) is 9.97 Å². The van der Waals surface area contributed by atoms with E-state index in [0.29, 0.717) is 19.0 Å². The molecule has 0 aliphatic carbocycles. The Labute approximate surface area is 182 Å². The zero-order chi connectivity index (χ0) is 20.9. The van der Waals surface area contributed by atoms with Gasteiger partial charge in [0.2, 0.25) is 0 Å². The second kappa shape index (κ2) is 9.04. The minimum atomic E-state index is 0.326. The average molecular weight is 412 g/mol. The highest BCUT2D eigenvalue weighted by Gasteiger charge is 2.09. The predicted octanol–water partition coefficient (Wildman–Crippen LogP) is 5.54. The van der Waals surface area contributed by atoms with Crippen LogP contribution in [0.3, 0.4) is 0 Å². The van der Waals surface area contributed by atoms with Gasteiger partial charge in [-0.3, -0.25) is 0 Å². The van der Waals surface area contributed by atoms with Crippen molar-refractivity contribution in [3.63, 3.8) is 0 Å². The third kappa shape index (κ3) is 4.77. The van der Waals surface area contributed by atoms with Crippen LogP contribution in [0.25, 0.3) is 10.9 Å². The van der Waals surface area contributed by atoms with Crippen LogP contribution < -0.4 is 14.8 Å². The molecule has 1 aliphatic rings. The van der Waals surface area contributed by atoms with E-state index in [1.54, 1.807) is 0 Å². The molecule has 0 spiro atoms. The zero-order valence-electron chi connectivity index (χ0n) is 17.4. The normalized spacial score (nSPS) is 13.2. The van der Waals surface area contributed by atoms with Gasteiger partial charge in [0.25, 0.3) is 0 Å². The van der Waals surface area contributed by atoms with Crippen molar-refractivity contribution in [1.29, 1.82) is 0 Å². The number of hydrogen-bond acceptors (Lipinski definition) is 5. The van der Waals surface area contributed by atoms with Crippen LogP contribution in [0.4, 0.5) is 5.69 Å². The summed E-state index contributed by atoms with van der Waals surface area (Å²) in [6, 6.07) is 22.2. The summed E-state index contributed by atoms with van der Waals surface area (Å²) in [6.07, 6.45) is 5.35. The Morgan fingerprint density at radius 3 is 2.74 bits per heavy atom. The standard InChI is InChI=1S/C26H25N3O2/c1-2-10-25-21(8-1)16-28-26(29-25)18-31-22-9-5-6-19(14-22)17-30-23-11-12-24-20(15-23)7-3-4-13-27-24/h1-2,5-6,8-12,14-16,27H,3-4,7,13,17-18H2. The van der Waals surface area contributed by atoms with Crippen LogP contribution in [-0.2, 0) is 19.6 Å². The lowest BCUT2D eigenvalue weighted by molar-refractivity contribution is 0.290. The second-order valence-electron chi connectivity index (χ2n) is 7.77. The number of benzene rings is 3. The van der Waals surface area contributed by atoms with Crippen molar-refractivity contribution in [3.05, 3.63) is 89.9 Å². The molecule has 3 aromatic carbocycles. The minimum absolute atomic E-state index is 0.326. The molecule has 1 aliphatic heterocycles. The van der Waals surface area contributed by atoms with Crippen LogP contribution in [0, 0.1) is 0 Å². The minimum Gasteiger partial charge on any atom is -0.489 e. The van der Waals surface area contributed by atoms with E-state index in [4.69, 9.17) is 9.47 Å². The highest BCUT2D eigenvalue weighted by molar-refractivity contribution is 5.77. The molecule has 1 aromatic heterocycles. The number of aryl methyl sites for hydroxylation is 1. The zero-order valence-corrected chi connectivity index (χ0v) is 17.4. The van der Waals surface area contributed by atoms with Gasteiger partial charge in [0.15, 0.2) is 5.82 Å². The Morgan fingerprint density at radius 2 is 1.74 bits per heavy atom. The number of ether oxygens (including phenoxy) is 2. The molecule has 0 fully saturated rings. The van der Waals surface area contributed by atoms with Gasteiger partial charge in [0.05, 0.1) is 5.52 Å². The summed E-state index contributed by atoms with van der Waals surface area (Å²) in [5.41, 5.74) is 4.55. The Balaban J connectivity index is 1.21. The van der Waals surface area contributed by atoms with Gasteiger partial charge in [-0.1, -0.05) is 30.3 Å². The van der Waals surface area contributed by atoms with Gasteiger partial charge >= 0.3 is 0 Å². The summed E-state index contributed by atoms with van der Waals surface area (Å²) in [4.78, 5) is 8.96. The van der Waals surface area contributed by atoms with E-state index in [1.807, 2.05) is 60.8 Å². The molecule has 31 heavy (non-hydrogen) atoms. The maximum absolute atomic E-state index is 6.06. The van der Waals surface area contributed by atoms with Crippen molar-refractivity contribution in [3.8, 4) is 11.5 Å². The first kappa shape index (κ1) is 19.4. The maximum atomic E-state index is 6.06. The molecule has 0 atom stereocenters. The van der Waals surface area contributed by atoms with Gasteiger partial charge < -0.3 is 14.8 Å². The number of aromatic nitrogens is 2. The number of fused-ring (bicyclic) bond motifs is 2. The molecule has 5 rings (SSSR count). The smallest absolute Gasteiger partial charge is 0.166 e. The molecule has 4 aromatic rings. The van der Waals surface area contributed by atoms with Crippen molar-refractivity contribution >= 4 is 16.6 Å². The lowest BCUT2D eigenvalue weighted by Crippen LogP contribution is -2.02. The summed E-state index contributed by atoms with van der Waals surface area (Å²) >= 11 is 0. The molecule has 5 nitrogen and oxygen atoms in total. The average Bonchev–Trinajstić information content (AvgIpc) is 3.06. The molecule has 156 valence electrons. The summed E-state index contributed by atoms with van der Waals surface area (Å²) in [7, 11) is 0. The fourth-order valence-electron chi connectivity index (χ4n) is 3.82. The van der Waals surface area contributed by atoms with Crippen LogP contribution in [0.2, 0.25) is 0 Å². The topological polar surface area (TPSA) is 56.3 Å². The lowest BCUT2D eigenvalue weighted by Gasteiger charge is -2.12. The second-order valence-corrected chi connectivity index (χ2v) is 7.77. The van der Waals surface area contributed by atoms with Crippen molar-refractivity contribution < 1.29 is 9.47 Å². The summed E-state index contributed by atoms with van der Waals surface area (Å²) in [5.74, 6) is 2.35. The van der Waals surface area contributed by atoms with E-state index in [-0.39, 0.29) is 0 Å². The third-order valence-corrected chi connectivity index (χ3v) is 5.48. The number of nitrogens with zero attached hydrogens (tertiary/aromatic N) is 2. The summed E-state index contributed by atoms with van der Waals surface area (Å²) in [6.45, 7) is 1.87. The molecular weight excluding hydrogens is 386 g/mol. The molecule has 0 saturated heterocycles. The number of para-hydroxylation sites is 1. The Kier molecular flexibility index (Phi) is 5.65. The van der Waals surface area contributed by atoms with Crippen LogP contribution in [-0.4, -0.2) is 16.5 Å². The number of rotatable bonds is 6. The van der Waals surface area contributed by atoms with E-state index in [0.717, 1.165) is 40.9 Å². The van der Waals surface area contributed by atoms with Crippen LogP contribution >= 0.6 is 0 Å². The Hall–Kier alpha value is -3.60. The number of nitrogens with one attached hydrogen (secondary N) is 1. The summed E-state index contributed by atoms with van der Waals surface area (Å²) in [5, 5.41) is 4.52. The SMILES string of the molecule is c1cc(COc2ccc3c(c2)CCCCN3)cc(OCc2ncc3ccccc3n2)c1. The molecule has 0 bridgehead atoms. The molecule has 0 unspecified atom stereocenters. The van der Waals surface area contributed by atoms with Gasteiger partial charge in [-0.15, -0.1) is 0 Å². The molecule has 0 amide bonds. The molecule has 1 N–H and O–H groups in total. The quantitative estimate of drug-likeness (QED) is 0.452. The van der Waals surface area contributed by atoms with E-state index in [9.17, 15) is 0 Å². The monoisotopic (exact) mass is 411 g/mol. The third-order valence-electron chi connectivity index (χ3n) is 5.48. The summed E-state index contributed by atoms with van der Waals surface area (Å²) < 4.78 is 12.0. The largest absolute Gasteiger partial charge is 0.489 e. The first-order chi connectivity index (χ1) is 15.3. The highest BCUT2D eigenvalue weighted by atomic mass is 16.5. The predicted molar refractivity (Wildman–Crippen MR) is 123 cm³/mol. The Morgan fingerprint density at radius 1 is 0.839 bits per heavy atom. The Bertz CT molecular complexity index is 1190. The first-order valence-electron chi connectivity index (χ1n) is 10.8. The number of hydrogen-bond donors (Lipinski definition) is 1. The van der Waals surface area contributed by atoms with Crippen molar-refractivity contribution in [2.24, 2.45) is 0 Å². The van der Waals surface area contributed by atoms with E-state index in [1.165, 1.54) is 24.1 Å². The van der Waals surface area contributed by atoms with Gasteiger partial charge in [-0.25, -0.2) is 9.97 Å². The van der Waals surface area contributed by atoms with Gasteiger partial charge in [-0.2, -0.15) is 0 Å². The van der Waals surface area contributed by atoms with Gasteiger partial charge in [0, 0.05) is 23.8 Å².